The average Bonchev–Trinajstić information content (AvgIpc) is 2.87. The van der Waals surface area contributed by atoms with Crippen LogP contribution in [0, 0.1) is 5.92 Å². The van der Waals surface area contributed by atoms with Gasteiger partial charge in [0.05, 0.1) is 0 Å². The molecule has 0 spiro atoms. The van der Waals surface area contributed by atoms with Crippen LogP contribution in [0.1, 0.15) is 59.3 Å². The van der Waals surface area contributed by atoms with Crippen molar-refractivity contribution >= 4 is 17.7 Å². The van der Waals surface area contributed by atoms with E-state index in [0.29, 0.717) is 11.7 Å². The van der Waals surface area contributed by atoms with Crippen LogP contribution in [0.25, 0.3) is 0 Å². The van der Waals surface area contributed by atoms with Crippen LogP contribution < -0.4 is 5.32 Å². The first-order chi connectivity index (χ1) is 8.98. The summed E-state index contributed by atoms with van der Waals surface area (Å²) in [6.45, 7) is 6.81. The van der Waals surface area contributed by atoms with E-state index in [4.69, 9.17) is 0 Å². The van der Waals surface area contributed by atoms with Gasteiger partial charge in [0.1, 0.15) is 5.54 Å². The third-order valence-corrected chi connectivity index (χ3v) is 5.42. The van der Waals surface area contributed by atoms with Crippen molar-refractivity contribution in [3.05, 3.63) is 0 Å². The van der Waals surface area contributed by atoms with Gasteiger partial charge in [-0.1, -0.05) is 26.7 Å². The highest BCUT2D eigenvalue weighted by Crippen LogP contribution is 2.31. The molecule has 0 bridgehead atoms. The van der Waals surface area contributed by atoms with Crippen LogP contribution >= 0.6 is 11.8 Å². The number of thioether (sulfide) groups is 1. The standard InChI is InChI=1S/C15H29NO2S/c1-4-9-16-15(3,14(17)18)10-12(2)19-11-13-7-5-6-8-13/h12-13,16H,4-11H2,1-3H3,(H,17,18). The molecule has 3 nitrogen and oxygen atoms in total. The monoisotopic (exact) mass is 287 g/mol. The van der Waals surface area contributed by atoms with Gasteiger partial charge in [0.2, 0.25) is 0 Å². The lowest BCUT2D eigenvalue weighted by molar-refractivity contribution is -0.144. The van der Waals surface area contributed by atoms with Gasteiger partial charge in [0.25, 0.3) is 0 Å². The van der Waals surface area contributed by atoms with Gasteiger partial charge in [-0.2, -0.15) is 11.8 Å². The van der Waals surface area contributed by atoms with Crippen molar-refractivity contribution in [1.82, 2.24) is 5.32 Å². The number of nitrogens with one attached hydrogen (secondary N) is 1. The zero-order valence-electron chi connectivity index (χ0n) is 12.6. The second-order valence-electron chi connectivity index (χ2n) is 6.06. The van der Waals surface area contributed by atoms with Gasteiger partial charge in [-0.3, -0.25) is 4.79 Å². The Balaban J connectivity index is 2.37. The van der Waals surface area contributed by atoms with Crippen LogP contribution in [-0.2, 0) is 4.79 Å². The van der Waals surface area contributed by atoms with Crippen molar-refractivity contribution in [2.24, 2.45) is 5.92 Å². The maximum atomic E-state index is 11.5. The summed E-state index contributed by atoms with van der Waals surface area (Å²) in [6, 6.07) is 0. The number of hydrogen-bond donors (Lipinski definition) is 2. The third kappa shape index (κ3) is 5.74. The molecule has 0 heterocycles. The highest BCUT2D eigenvalue weighted by Gasteiger charge is 2.34. The van der Waals surface area contributed by atoms with Gasteiger partial charge < -0.3 is 10.4 Å². The molecule has 1 aliphatic rings. The van der Waals surface area contributed by atoms with E-state index in [2.05, 4.69) is 19.2 Å². The summed E-state index contributed by atoms with van der Waals surface area (Å²) < 4.78 is 0. The fourth-order valence-electron chi connectivity index (χ4n) is 2.75. The summed E-state index contributed by atoms with van der Waals surface area (Å²) in [4.78, 5) is 11.5. The molecule has 0 aromatic carbocycles. The number of aliphatic carboxylic acids is 1. The first-order valence-electron chi connectivity index (χ1n) is 7.58. The smallest absolute Gasteiger partial charge is 0.323 e. The predicted octanol–water partition coefficient (Wildman–Crippen LogP) is 3.53. The van der Waals surface area contributed by atoms with Crippen LogP contribution in [0.3, 0.4) is 0 Å². The van der Waals surface area contributed by atoms with Crippen LogP contribution in [0.15, 0.2) is 0 Å². The number of carboxylic acid groups (broad SMARTS) is 1. The quantitative estimate of drug-likeness (QED) is 0.681. The molecule has 0 aliphatic heterocycles. The summed E-state index contributed by atoms with van der Waals surface area (Å²) in [5.74, 6) is 1.34. The number of rotatable bonds is 9. The Labute approximate surface area is 121 Å². The van der Waals surface area contributed by atoms with Crippen LogP contribution in [0.5, 0.6) is 0 Å². The first kappa shape index (κ1) is 16.8. The lowest BCUT2D eigenvalue weighted by atomic mass is 9.96. The molecule has 2 unspecified atom stereocenters. The fraction of sp³-hybridized carbons (Fsp3) is 0.933. The molecule has 2 atom stereocenters. The van der Waals surface area contributed by atoms with Crippen LogP contribution in [0.2, 0.25) is 0 Å². The minimum atomic E-state index is -0.780. The summed E-state index contributed by atoms with van der Waals surface area (Å²) in [7, 11) is 0. The van der Waals surface area contributed by atoms with E-state index < -0.39 is 11.5 Å². The van der Waals surface area contributed by atoms with E-state index in [1.54, 1.807) is 0 Å². The number of carboxylic acids is 1. The second-order valence-corrected chi connectivity index (χ2v) is 7.53. The van der Waals surface area contributed by atoms with E-state index in [0.717, 1.165) is 18.9 Å². The minimum absolute atomic E-state index is 0.394. The highest BCUT2D eigenvalue weighted by atomic mass is 32.2. The van der Waals surface area contributed by atoms with Crippen LogP contribution in [-0.4, -0.2) is 34.2 Å². The molecule has 19 heavy (non-hydrogen) atoms. The average molecular weight is 287 g/mol. The summed E-state index contributed by atoms with van der Waals surface area (Å²) in [5, 5.41) is 13.0. The van der Waals surface area contributed by atoms with Crippen molar-refractivity contribution in [3.8, 4) is 0 Å². The Morgan fingerprint density at radius 3 is 2.63 bits per heavy atom. The zero-order chi connectivity index (χ0) is 14.3. The molecule has 0 radical (unpaired) electrons. The largest absolute Gasteiger partial charge is 0.480 e. The Hall–Kier alpha value is -0.220. The Morgan fingerprint density at radius 1 is 1.47 bits per heavy atom. The molecule has 0 amide bonds. The number of carbonyl (C=O) groups is 1. The van der Waals surface area contributed by atoms with Crippen molar-refractivity contribution in [3.63, 3.8) is 0 Å². The van der Waals surface area contributed by atoms with Gasteiger partial charge in [-0.25, -0.2) is 0 Å². The molecule has 2 N–H and O–H groups in total. The molecule has 0 saturated heterocycles. The minimum Gasteiger partial charge on any atom is -0.480 e. The first-order valence-corrected chi connectivity index (χ1v) is 8.63. The number of hydrogen-bond acceptors (Lipinski definition) is 3. The summed E-state index contributed by atoms with van der Waals surface area (Å²) in [6.07, 6.45) is 7.15. The molecule has 1 aliphatic carbocycles. The van der Waals surface area contributed by atoms with Crippen molar-refractivity contribution in [2.45, 2.75) is 70.1 Å². The molecule has 1 rings (SSSR count). The Kier molecular flexibility index (Phi) is 7.22. The van der Waals surface area contributed by atoms with E-state index in [1.165, 1.54) is 31.4 Å². The van der Waals surface area contributed by atoms with Crippen molar-refractivity contribution in [1.29, 1.82) is 0 Å². The van der Waals surface area contributed by atoms with Crippen LogP contribution in [0.4, 0.5) is 0 Å². The Bertz CT molecular complexity index is 279. The highest BCUT2D eigenvalue weighted by molar-refractivity contribution is 7.99. The molecular formula is C15H29NO2S. The molecule has 1 fully saturated rings. The topological polar surface area (TPSA) is 49.3 Å². The van der Waals surface area contributed by atoms with Crippen molar-refractivity contribution < 1.29 is 9.90 Å². The second kappa shape index (κ2) is 8.15. The lowest BCUT2D eigenvalue weighted by Crippen LogP contribution is -2.51. The van der Waals surface area contributed by atoms with E-state index in [-0.39, 0.29) is 0 Å². The third-order valence-electron chi connectivity index (χ3n) is 4.02. The predicted molar refractivity (Wildman–Crippen MR) is 82.8 cm³/mol. The van der Waals surface area contributed by atoms with Crippen molar-refractivity contribution in [2.75, 3.05) is 12.3 Å². The summed E-state index contributed by atoms with van der Waals surface area (Å²) >= 11 is 1.95. The molecule has 112 valence electrons. The van der Waals surface area contributed by atoms with Gasteiger partial charge in [-0.15, -0.1) is 0 Å². The van der Waals surface area contributed by atoms with E-state index in [9.17, 15) is 9.90 Å². The molecule has 0 aromatic rings. The Morgan fingerprint density at radius 2 is 2.11 bits per heavy atom. The summed E-state index contributed by atoms with van der Waals surface area (Å²) in [5.41, 5.74) is -0.780. The zero-order valence-corrected chi connectivity index (χ0v) is 13.4. The lowest BCUT2D eigenvalue weighted by Gasteiger charge is -2.29. The molecular weight excluding hydrogens is 258 g/mol. The molecule has 1 saturated carbocycles. The fourth-order valence-corrected chi connectivity index (χ4v) is 4.13. The van der Waals surface area contributed by atoms with Gasteiger partial charge in [0.15, 0.2) is 0 Å². The SMILES string of the molecule is CCCNC(C)(CC(C)SCC1CCCC1)C(=O)O. The van der Waals surface area contributed by atoms with Gasteiger partial charge in [-0.05, 0) is 50.8 Å². The van der Waals surface area contributed by atoms with Gasteiger partial charge in [0, 0.05) is 5.25 Å². The van der Waals surface area contributed by atoms with E-state index >= 15 is 0 Å². The maximum absolute atomic E-state index is 11.5. The normalized spacial score (nSPS) is 21.2. The van der Waals surface area contributed by atoms with E-state index in [1.807, 2.05) is 18.7 Å². The maximum Gasteiger partial charge on any atom is 0.323 e. The van der Waals surface area contributed by atoms with Gasteiger partial charge >= 0.3 is 5.97 Å². The molecule has 0 aromatic heterocycles. The molecule has 4 heteroatoms.